The van der Waals surface area contributed by atoms with Crippen LogP contribution >= 0.6 is 0 Å². The number of rotatable bonds is 3. The van der Waals surface area contributed by atoms with Gasteiger partial charge < -0.3 is 4.79 Å². The van der Waals surface area contributed by atoms with E-state index in [-0.39, 0.29) is 0 Å². The third kappa shape index (κ3) is 2.97. The van der Waals surface area contributed by atoms with Gasteiger partial charge in [-0.2, -0.15) is 0 Å². The molecule has 0 amide bonds. The molecule has 0 aromatic heterocycles. The van der Waals surface area contributed by atoms with E-state index in [4.69, 9.17) is 0 Å². The van der Waals surface area contributed by atoms with E-state index in [0.29, 0.717) is 23.5 Å². The summed E-state index contributed by atoms with van der Waals surface area (Å²) < 4.78 is 0. The van der Waals surface area contributed by atoms with Crippen molar-refractivity contribution in [2.45, 2.75) is 47.0 Å². The molecule has 0 fully saturated rings. The minimum atomic E-state index is 0.322. The largest absolute Gasteiger partial charge is 0.300 e. The van der Waals surface area contributed by atoms with Crippen LogP contribution in [0.15, 0.2) is 11.6 Å². The van der Waals surface area contributed by atoms with E-state index in [1.54, 1.807) is 12.5 Å². The Bertz CT molecular complexity index is 238. The molecule has 1 nitrogen and oxygen atoms in total. The summed E-state index contributed by atoms with van der Waals surface area (Å²) in [6.07, 6.45) is 5.58. The first-order valence-electron chi connectivity index (χ1n) is 5.70. The van der Waals surface area contributed by atoms with Crippen LogP contribution in [0.4, 0.5) is 0 Å². The lowest BCUT2D eigenvalue weighted by molar-refractivity contribution is -0.117. The van der Waals surface area contributed by atoms with Gasteiger partial charge in [-0.3, -0.25) is 0 Å². The van der Waals surface area contributed by atoms with Gasteiger partial charge in [-0.15, -0.1) is 0 Å². The van der Waals surface area contributed by atoms with Gasteiger partial charge in [-0.05, 0) is 37.5 Å². The van der Waals surface area contributed by atoms with Crippen LogP contribution in [0.3, 0.4) is 0 Å². The number of ketones is 1. The SMILES string of the molecule is CC(=O)CC1C=C(C(C)C)CCC1C. The highest BCUT2D eigenvalue weighted by molar-refractivity contribution is 5.76. The van der Waals surface area contributed by atoms with Crippen molar-refractivity contribution < 1.29 is 4.79 Å². The van der Waals surface area contributed by atoms with Gasteiger partial charge in [0.2, 0.25) is 0 Å². The summed E-state index contributed by atoms with van der Waals surface area (Å²) in [6.45, 7) is 8.45. The fourth-order valence-corrected chi connectivity index (χ4v) is 2.20. The standard InChI is InChI=1S/C13H22O/c1-9(2)12-6-5-10(3)13(8-12)7-11(4)14/h8-10,13H,5-7H2,1-4H3. The summed E-state index contributed by atoms with van der Waals surface area (Å²) in [5.74, 6) is 2.15. The highest BCUT2D eigenvalue weighted by Crippen LogP contribution is 2.33. The van der Waals surface area contributed by atoms with Crippen LogP contribution in [0, 0.1) is 17.8 Å². The Morgan fingerprint density at radius 1 is 1.57 bits per heavy atom. The lowest BCUT2D eigenvalue weighted by Crippen LogP contribution is -2.19. The maximum absolute atomic E-state index is 11.1. The highest BCUT2D eigenvalue weighted by atomic mass is 16.1. The van der Waals surface area contributed by atoms with Crippen LogP contribution in [0.25, 0.3) is 0 Å². The molecule has 0 bridgehead atoms. The molecule has 2 atom stereocenters. The average Bonchev–Trinajstić information content (AvgIpc) is 2.07. The van der Waals surface area contributed by atoms with Crippen LogP contribution in [0.2, 0.25) is 0 Å². The zero-order chi connectivity index (χ0) is 10.7. The van der Waals surface area contributed by atoms with Crippen molar-refractivity contribution >= 4 is 5.78 Å². The molecule has 1 aliphatic carbocycles. The van der Waals surface area contributed by atoms with Crippen LogP contribution < -0.4 is 0 Å². The van der Waals surface area contributed by atoms with Gasteiger partial charge in [0, 0.05) is 6.42 Å². The normalized spacial score (nSPS) is 27.6. The lowest BCUT2D eigenvalue weighted by atomic mass is 9.77. The van der Waals surface area contributed by atoms with Crippen molar-refractivity contribution in [2.75, 3.05) is 0 Å². The molecule has 0 N–H and O–H groups in total. The van der Waals surface area contributed by atoms with E-state index in [0.717, 1.165) is 6.42 Å². The Morgan fingerprint density at radius 2 is 2.21 bits per heavy atom. The minimum absolute atomic E-state index is 0.322. The van der Waals surface area contributed by atoms with E-state index in [1.165, 1.54) is 12.8 Å². The molecule has 0 aliphatic heterocycles. The van der Waals surface area contributed by atoms with E-state index >= 15 is 0 Å². The summed E-state index contributed by atoms with van der Waals surface area (Å²) in [6, 6.07) is 0. The quantitative estimate of drug-likeness (QED) is 0.627. The molecule has 2 unspecified atom stereocenters. The summed E-state index contributed by atoms with van der Waals surface area (Å²) in [7, 11) is 0. The van der Waals surface area contributed by atoms with E-state index < -0.39 is 0 Å². The number of allylic oxidation sites excluding steroid dienone is 2. The van der Waals surface area contributed by atoms with Gasteiger partial charge in [0.1, 0.15) is 5.78 Å². The molecule has 1 heteroatoms. The van der Waals surface area contributed by atoms with Gasteiger partial charge >= 0.3 is 0 Å². The monoisotopic (exact) mass is 194 g/mol. The molecule has 0 heterocycles. The van der Waals surface area contributed by atoms with Gasteiger partial charge in [0.05, 0.1) is 0 Å². The van der Waals surface area contributed by atoms with Crippen molar-refractivity contribution in [1.29, 1.82) is 0 Å². The second kappa shape index (κ2) is 4.77. The molecule has 80 valence electrons. The third-order valence-electron chi connectivity index (χ3n) is 3.31. The van der Waals surface area contributed by atoms with Gasteiger partial charge in [0.15, 0.2) is 0 Å². The van der Waals surface area contributed by atoms with Crippen LogP contribution in [-0.4, -0.2) is 5.78 Å². The molecule has 0 aromatic carbocycles. The molecule has 0 saturated heterocycles. The first kappa shape index (κ1) is 11.5. The zero-order valence-electron chi connectivity index (χ0n) is 9.84. The predicted molar refractivity (Wildman–Crippen MR) is 60.1 cm³/mol. The van der Waals surface area contributed by atoms with Gasteiger partial charge in [-0.25, -0.2) is 0 Å². The molecule has 0 aromatic rings. The number of carbonyl (C=O) groups excluding carboxylic acids is 1. The number of Topliss-reactive ketones (excluding diaryl/α,β-unsaturated/α-hetero) is 1. The average molecular weight is 194 g/mol. The van der Waals surface area contributed by atoms with E-state index in [2.05, 4.69) is 26.8 Å². The highest BCUT2D eigenvalue weighted by Gasteiger charge is 2.22. The van der Waals surface area contributed by atoms with Crippen molar-refractivity contribution in [2.24, 2.45) is 17.8 Å². The topological polar surface area (TPSA) is 17.1 Å². The molecule has 14 heavy (non-hydrogen) atoms. The molecule has 0 spiro atoms. The summed E-state index contributed by atoms with van der Waals surface area (Å²) >= 11 is 0. The Morgan fingerprint density at radius 3 is 2.71 bits per heavy atom. The summed E-state index contributed by atoms with van der Waals surface area (Å²) in [4.78, 5) is 11.1. The molecular weight excluding hydrogens is 172 g/mol. The molecule has 1 rings (SSSR count). The fourth-order valence-electron chi connectivity index (χ4n) is 2.20. The summed E-state index contributed by atoms with van der Waals surface area (Å²) in [5, 5.41) is 0. The number of hydrogen-bond donors (Lipinski definition) is 0. The van der Waals surface area contributed by atoms with E-state index in [9.17, 15) is 4.79 Å². The third-order valence-corrected chi connectivity index (χ3v) is 3.31. The smallest absolute Gasteiger partial charge is 0.130 e. The van der Waals surface area contributed by atoms with E-state index in [1.807, 2.05) is 0 Å². The van der Waals surface area contributed by atoms with Crippen molar-refractivity contribution in [1.82, 2.24) is 0 Å². The first-order valence-corrected chi connectivity index (χ1v) is 5.70. The zero-order valence-corrected chi connectivity index (χ0v) is 9.84. The number of carbonyl (C=O) groups is 1. The van der Waals surface area contributed by atoms with Crippen molar-refractivity contribution in [3.8, 4) is 0 Å². The van der Waals surface area contributed by atoms with Gasteiger partial charge in [-0.1, -0.05) is 32.4 Å². The van der Waals surface area contributed by atoms with Crippen LogP contribution in [-0.2, 0) is 4.79 Å². The molecule has 0 saturated carbocycles. The maximum atomic E-state index is 11.1. The second-order valence-electron chi connectivity index (χ2n) is 4.98. The Kier molecular flexibility index (Phi) is 3.91. The Hall–Kier alpha value is -0.590. The second-order valence-corrected chi connectivity index (χ2v) is 4.98. The Labute approximate surface area is 87.6 Å². The first-order chi connectivity index (χ1) is 6.50. The lowest BCUT2D eigenvalue weighted by Gasteiger charge is -2.28. The fraction of sp³-hybridized carbons (Fsp3) is 0.769. The molecule has 1 aliphatic rings. The van der Waals surface area contributed by atoms with Gasteiger partial charge in [0.25, 0.3) is 0 Å². The number of hydrogen-bond acceptors (Lipinski definition) is 1. The van der Waals surface area contributed by atoms with Crippen LogP contribution in [0.5, 0.6) is 0 Å². The van der Waals surface area contributed by atoms with Crippen molar-refractivity contribution in [3.05, 3.63) is 11.6 Å². The van der Waals surface area contributed by atoms with Crippen molar-refractivity contribution in [3.63, 3.8) is 0 Å². The predicted octanol–water partition coefficient (Wildman–Crippen LogP) is 3.59. The molecule has 0 radical (unpaired) electrons. The molecular formula is C13H22O. The van der Waals surface area contributed by atoms with Crippen LogP contribution in [0.1, 0.15) is 47.0 Å². The summed E-state index contributed by atoms with van der Waals surface area (Å²) in [5.41, 5.74) is 1.55. The Balaban J connectivity index is 2.70. The maximum Gasteiger partial charge on any atom is 0.130 e. The minimum Gasteiger partial charge on any atom is -0.300 e.